The molecule has 6 heteroatoms. The predicted molar refractivity (Wildman–Crippen MR) is 49.5 cm³/mol. The number of aryl methyl sites for hydroxylation is 1. The maximum Gasteiger partial charge on any atom is 0.425 e. The quantitative estimate of drug-likeness (QED) is 0.831. The highest BCUT2D eigenvalue weighted by molar-refractivity contribution is 5.47. The van der Waals surface area contributed by atoms with E-state index >= 15 is 0 Å². The summed E-state index contributed by atoms with van der Waals surface area (Å²) >= 11 is 0. The summed E-state index contributed by atoms with van der Waals surface area (Å²) in [7, 11) is 0. The molecular weight excluding hydrogens is 209 g/mol. The van der Waals surface area contributed by atoms with Crippen LogP contribution in [0.3, 0.4) is 0 Å². The van der Waals surface area contributed by atoms with Gasteiger partial charge in [-0.15, -0.1) is 0 Å². The molecule has 0 aliphatic rings. The van der Waals surface area contributed by atoms with Gasteiger partial charge in [0.1, 0.15) is 0 Å². The maximum absolute atomic E-state index is 12.1. The third kappa shape index (κ3) is 3.00. The summed E-state index contributed by atoms with van der Waals surface area (Å²) in [6, 6.07) is 1.28. The molecule has 0 radical (unpaired) electrons. The van der Waals surface area contributed by atoms with E-state index in [-0.39, 0.29) is 5.88 Å². The highest BCUT2D eigenvalue weighted by Gasteiger charge is 2.38. The lowest BCUT2D eigenvalue weighted by Gasteiger charge is -2.17. The van der Waals surface area contributed by atoms with Gasteiger partial charge in [-0.25, -0.2) is 4.98 Å². The fourth-order valence-corrected chi connectivity index (χ4v) is 0.831. The topological polar surface area (TPSA) is 48.1 Å². The smallest absolute Gasteiger partial charge is 0.425 e. The van der Waals surface area contributed by atoms with E-state index in [1.807, 2.05) is 0 Å². The van der Waals surface area contributed by atoms with Crippen molar-refractivity contribution in [2.45, 2.75) is 26.1 Å². The van der Waals surface area contributed by atoms with Crippen LogP contribution in [0, 0.1) is 6.92 Å². The van der Waals surface area contributed by atoms with Gasteiger partial charge in [0.05, 0.1) is 0 Å². The Labute approximate surface area is 85.1 Å². The van der Waals surface area contributed by atoms with Crippen LogP contribution in [-0.4, -0.2) is 17.3 Å². The molecule has 0 saturated heterocycles. The van der Waals surface area contributed by atoms with Crippen LogP contribution in [0.4, 0.5) is 18.9 Å². The van der Waals surface area contributed by atoms with Crippen LogP contribution in [-0.2, 0) is 0 Å². The third-order valence-electron chi connectivity index (χ3n) is 1.88. The van der Waals surface area contributed by atoms with Gasteiger partial charge in [0.2, 0.25) is 5.88 Å². The Bertz CT molecular complexity index is 352. The van der Waals surface area contributed by atoms with Crippen LogP contribution in [0.2, 0.25) is 0 Å². The number of anilines is 1. The van der Waals surface area contributed by atoms with E-state index in [0.717, 1.165) is 6.92 Å². The molecule has 1 aromatic rings. The van der Waals surface area contributed by atoms with Crippen molar-refractivity contribution in [2.24, 2.45) is 0 Å². The van der Waals surface area contributed by atoms with Crippen LogP contribution >= 0.6 is 0 Å². The Hall–Kier alpha value is -1.46. The van der Waals surface area contributed by atoms with Crippen LogP contribution in [0.15, 0.2) is 12.3 Å². The highest BCUT2D eigenvalue weighted by Crippen LogP contribution is 2.25. The van der Waals surface area contributed by atoms with Crippen molar-refractivity contribution in [3.8, 4) is 5.88 Å². The van der Waals surface area contributed by atoms with E-state index in [2.05, 4.69) is 9.72 Å². The van der Waals surface area contributed by atoms with E-state index in [1.165, 1.54) is 12.3 Å². The molecule has 0 aliphatic heterocycles. The van der Waals surface area contributed by atoms with E-state index < -0.39 is 12.3 Å². The molecule has 0 amide bonds. The Kier molecular flexibility index (Phi) is 3.06. The van der Waals surface area contributed by atoms with Crippen molar-refractivity contribution in [3.63, 3.8) is 0 Å². The maximum atomic E-state index is 12.1. The standard InChI is InChI=1S/C9H11F3N2O/c1-5-4-14-8(3-7(5)13)15-6(2)9(10,11)12/h3-4,6H,1-2H3,(H2,13,14). The van der Waals surface area contributed by atoms with Crippen molar-refractivity contribution in [2.75, 3.05) is 5.73 Å². The number of nitrogen functional groups attached to an aromatic ring is 1. The molecular formula is C9H11F3N2O. The largest absolute Gasteiger partial charge is 0.465 e. The highest BCUT2D eigenvalue weighted by atomic mass is 19.4. The fraction of sp³-hybridized carbons (Fsp3) is 0.444. The van der Waals surface area contributed by atoms with Crippen molar-refractivity contribution in [3.05, 3.63) is 17.8 Å². The Morgan fingerprint density at radius 1 is 1.47 bits per heavy atom. The Balaban J connectivity index is 2.78. The minimum absolute atomic E-state index is 0.122. The summed E-state index contributed by atoms with van der Waals surface area (Å²) in [6.45, 7) is 2.62. The molecule has 0 bridgehead atoms. The minimum atomic E-state index is -4.40. The Morgan fingerprint density at radius 2 is 2.07 bits per heavy atom. The minimum Gasteiger partial charge on any atom is -0.465 e. The molecule has 0 aliphatic carbocycles. The zero-order chi connectivity index (χ0) is 11.6. The van der Waals surface area contributed by atoms with Crippen LogP contribution < -0.4 is 10.5 Å². The summed E-state index contributed by atoms with van der Waals surface area (Å²) in [6.07, 6.45) is -4.93. The number of ether oxygens (including phenoxy) is 1. The first-order valence-electron chi connectivity index (χ1n) is 4.26. The number of aromatic nitrogens is 1. The second kappa shape index (κ2) is 3.96. The van der Waals surface area contributed by atoms with E-state index in [9.17, 15) is 13.2 Å². The molecule has 0 saturated carbocycles. The van der Waals surface area contributed by atoms with Gasteiger partial charge in [0.15, 0.2) is 6.10 Å². The van der Waals surface area contributed by atoms with Gasteiger partial charge in [-0.2, -0.15) is 13.2 Å². The molecule has 3 nitrogen and oxygen atoms in total. The zero-order valence-corrected chi connectivity index (χ0v) is 8.30. The summed E-state index contributed by atoms with van der Waals surface area (Å²) in [5, 5.41) is 0. The van der Waals surface area contributed by atoms with Crippen molar-refractivity contribution >= 4 is 5.69 Å². The average Bonchev–Trinajstić information content (AvgIpc) is 2.10. The molecule has 1 aromatic heterocycles. The summed E-state index contributed by atoms with van der Waals surface area (Å²) in [5.41, 5.74) is 6.56. The number of nitrogens with two attached hydrogens (primary N) is 1. The molecule has 84 valence electrons. The lowest BCUT2D eigenvalue weighted by atomic mass is 10.3. The van der Waals surface area contributed by atoms with Crippen LogP contribution in [0.5, 0.6) is 5.88 Å². The monoisotopic (exact) mass is 220 g/mol. The zero-order valence-electron chi connectivity index (χ0n) is 8.30. The van der Waals surface area contributed by atoms with E-state index in [1.54, 1.807) is 6.92 Å². The van der Waals surface area contributed by atoms with E-state index in [4.69, 9.17) is 5.73 Å². The van der Waals surface area contributed by atoms with Crippen molar-refractivity contribution in [1.29, 1.82) is 0 Å². The van der Waals surface area contributed by atoms with Crippen molar-refractivity contribution in [1.82, 2.24) is 4.98 Å². The number of rotatable bonds is 2. The molecule has 15 heavy (non-hydrogen) atoms. The number of pyridine rings is 1. The fourth-order valence-electron chi connectivity index (χ4n) is 0.831. The number of hydrogen-bond acceptors (Lipinski definition) is 3. The van der Waals surface area contributed by atoms with Gasteiger partial charge < -0.3 is 10.5 Å². The van der Waals surface area contributed by atoms with Gasteiger partial charge >= 0.3 is 6.18 Å². The number of alkyl halides is 3. The normalized spacial score (nSPS) is 13.7. The first-order valence-corrected chi connectivity index (χ1v) is 4.26. The van der Waals surface area contributed by atoms with Crippen molar-refractivity contribution < 1.29 is 17.9 Å². The summed E-state index contributed by atoms with van der Waals surface area (Å²) in [4.78, 5) is 3.69. The van der Waals surface area contributed by atoms with Gasteiger partial charge in [0, 0.05) is 18.0 Å². The van der Waals surface area contributed by atoms with Crippen LogP contribution in [0.25, 0.3) is 0 Å². The number of halogens is 3. The number of nitrogens with zero attached hydrogens (tertiary/aromatic N) is 1. The first-order chi connectivity index (χ1) is 6.80. The Morgan fingerprint density at radius 3 is 2.53 bits per heavy atom. The first kappa shape index (κ1) is 11.6. The van der Waals surface area contributed by atoms with Gasteiger partial charge in [-0.3, -0.25) is 0 Å². The third-order valence-corrected chi connectivity index (χ3v) is 1.88. The average molecular weight is 220 g/mol. The molecule has 1 atom stereocenters. The molecule has 0 fully saturated rings. The molecule has 1 rings (SSSR count). The summed E-state index contributed by atoms with van der Waals surface area (Å²) in [5.74, 6) is -0.122. The molecule has 0 aromatic carbocycles. The SMILES string of the molecule is Cc1cnc(OC(C)C(F)(F)F)cc1N. The van der Waals surface area contributed by atoms with Gasteiger partial charge in [0.25, 0.3) is 0 Å². The predicted octanol–water partition coefficient (Wildman–Crippen LogP) is 2.30. The van der Waals surface area contributed by atoms with Crippen LogP contribution in [0.1, 0.15) is 12.5 Å². The molecule has 2 N–H and O–H groups in total. The molecule has 1 unspecified atom stereocenters. The number of hydrogen-bond donors (Lipinski definition) is 1. The summed E-state index contributed by atoms with van der Waals surface area (Å²) < 4.78 is 41.0. The lowest BCUT2D eigenvalue weighted by molar-refractivity contribution is -0.189. The van der Waals surface area contributed by atoms with E-state index in [0.29, 0.717) is 11.3 Å². The van der Waals surface area contributed by atoms with Gasteiger partial charge in [-0.05, 0) is 19.4 Å². The lowest BCUT2D eigenvalue weighted by Crippen LogP contribution is -2.31. The molecule has 1 heterocycles. The second-order valence-electron chi connectivity index (χ2n) is 3.18. The second-order valence-corrected chi connectivity index (χ2v) is 3.18. The molecule has 0 spiro atoms. The van der Waals surface area contributed by atoms with Gasteiger partial charge in [-0.1, -0.05) is 0 Å².